The fraction of sp³-hybridized carbons (Fsp3) is 0.263. The van der Waals surface area contributed by atoms with Crippen LogP contribution in [0.2, 0.25) is 5.02 Å². The molecular formula is C19H19ClN2O. The molecule has 2 aromatic carbocycles. The van der Waals surface area contributed by atoms with Crippen LogP contribution in [0, 0.1) is 5.92 Å². The van der Waals surface area contributed by atoms with Gasteiger partial charge in [0.1, 0.15) is 0 Å². The van der Waals surface area contributed by atoms with Gasteiger partial charge < -0.3 is 0 Å². The molecule has 0 aromatic heterocycles. The molecule has 1 amide bonds. The first-order chi connectivity index (χ1) is 11.2. The highest BCUT2D eigenvalue weighted by molar-refractivity contribution is 6.31. The van der Waals surface area contributed by atoms with E-state index in [0.717, 1.165) is 24.1 Å². The standard InChI is InChI=1S/C19H19ClN2O/c1-2-18(14-9-6-10-15(20)11-14)21-22-19(23)17-12-16(17)13-7-4-3-5-8-13/h3-11,16-17H,2,12H2,1H3,(H,22,23). The lowest BCUT2D eigenvalue weighted by Gasteiger charge is -2.06. The molecular weight excluding hydrogens is 308 g/mol. The molecule has 4 heteroatoms. The van der Waals surface area contributed by atoms with E-state index in [1.54, 1.807) is 0 Å². The normalized spacial score (nSPS) is 20.2. The van der Waals surface area contributed by atoms with E-state index >= 15 is 0 Å². The average Bonchev–Trinajstić information content (AvgIpc) is 3.37. The fourth-order valence-electron chi connectivity index (χ4n) is 2.77. The lowest BCUT2D eigenvalue weighted by molar-refractivity contribution is -0.122. The van der Waals surface area contributed by atoms with Crippen LogP contribution < -0.4 is 5.43 Å². The Morgan fingerprint density at radius 1 is 1.22 bits per heavy atom. The van der Waals surface area contributed by atoms with Crippen molar-refractivity contribution in [2.24, 2.45) is 11.0 Å². The van der Waals surface area contributed by atoms with Crippen LogP contribution >= 0.6 is 11.6 Å². The number of hydrogen-bond acceptors (Lipinski definition) is 2. The van der Waals surface area contributed by atoms with Crippen molar-refractivity contribution in [1.29, 1.82) is 0 Å². The first-order valence-electron chi connectivity index (χ1n) is 7.86. The number of benzene rings is 2. The summed E-state index contributed by atoms with van der Waals surface area (Å²) >= 11 is 6.01. The van der Waals surface area contributed by atoms with Gasteiger partial charge in [-0.3, -0.25) is 4.79 Å². The lowest BCUT2D eigenvalue weighted by atomic mass is 10.1. The van der Waals surface area contributed by atoms with Crippen LogP contribution in [0.4, 0.5) is 0 Å². The monoisotopic (exact) mass is 326 g/mol. The van der Waals surface area contributed by atoms with Crippen molar-refractivity contribution in [3.05, 3.63) is 70.7 Å². The second kappa shape index (κ2) is 6.97. The zero-order valence-corrected chi connectivity index (χ0v) is 13.8. The summed E-state index contributed by atoms with van der Waals surface area (Å²) < 4.78 is 0. The highest BCUT2D eigenvalue weighted by atomic mass is 35.5. The molecule has 3 nitrogen and oxygen atoms in total. The van der Waals surface area contributed by atoms with E-state index in [9.17, 15) is 4.79 Å². The van der Waals surface area contributed by atoms with Crippen molar-refractivity contribution in [3.8, 4) is 0 Å². The predicted octanol–water partition coefficient (Wildman–Crippen LogP) is 4.37. The van der Waals surface area contributed by atoms with Crippen LogP contribution in [-0.2, 0) is 4.79 Å². The second-order valence-electron chi connectivity index (χ2n) is 5.76. The Balaban J connectivity index is 1.64. The fourth-order valence-corrected chi connectivity index (χ4v) is 2.96. The van der Waals surface area contributed by atoms with E-state index in [-0.39, 0.29) is 11.8 Å². The Morgan fingerprint density at radius 2 is 2.00 bits per heavy atom. The van der Waals surface area contributed by atoms with Crippen molar-refractivity contribution < 1.29 is 4.79 Å². The number of rotatable bonds is 5. The summed E-state index contributed by atoms with van der Waals surface area (Å²) in [6, 6.07) is 17.7. The molecule has 0 spiro atoms. The third-order valence-corrected chi connectivity index (χ3v) is 4.38. The van der Waals surface area contributed by atoms with E-state index in [1.165, 1.54) is 5.56 Å². The number of hydrogen-bond donors (Lipinski definition) is 1. The predicted molar refractivity (Wildman–Crippen MR) is 93.7 cm³/mol. The highest BCUT2D eigenvalue weighted by Crippen LogP contribution is 2.47. The second-order valence-corrected chi connectivity index (χ2v) is 6.19. The van der Waals surface area contributed by atoms with E-state index in [4.69, 9.17) is 11.6 Å². The van der Waals surface area contributed by atoms with E-state index in [0.29, 0.717) is 10.9 Å². The summed E-state index contributed by atoms with van der Waals surface area (Å²) in [5.74, 6) is 0.341. The van der Waals surface area contributed by atoms with Crippen molar-refractivity contribution in [3.63, 3.8) is 0 Å². The Hall–Kier alpha value is -2.13. The van der Waals surface area contributed by atoms with Crippen LogP contribution in [-0.4, -0.2) is 11.6 Å². The minimum atomic E-state index is -0.00756. The third kappa shape index (κ3) is 3.80. The van der Waals surface area contributed by atoms with Crippen molar-refractivity contribution in [2.75, 3.05) is 0 Å². The largest absolute Gasteiger partial charge is 0.273 e. The lowest BCUT2D eigenvalue weighted by Crippen LogP contribution is -2.22. The van der Waals surface area contributed by atoms with Gasteiger partial charge in [-0.15, -0.1) is 0 Å². The van der Waals surface area contributed by atoms with Crippen molar-refractivity contribution >= 4 is 23.2 Å². The van der Waals surface area contributed by atoms with Crippen LogP contribution in [0.5, 0.6) is 0 Å². The summed E-state index contributed by atoms with van der Waals surface area (Å²) in [6.45, 7) is 2.01. The number of hydrazone groups is 1. The SMILES string of the molecule is CCC(=NNC(=O)C1CC1c1ccccc1)c1cccc(Cl)c1. The van der Waals surface area contributed by atoms with E-state index in [1.807, 2.05) is 49.4 Å². The van der Waals surface area contributed by atoms with Gasteiger partial charge in [0.2, 0.25) is 5.91 Å². The number of nitrogens with zero attached hydrogens (tertiary/aromatic N) is 1. The van der Waals surface area contributed by atoms with Gasteiger partial charge in [-0.1, -0.05) is 61.0 Å². The molecule has 1 aliphatic rings. The number of carbonyl (C=O) groups is 1. The Morgan fingerprint density at radius 3 is 2.70 bits per heavy atom. The minimum Gasteiger partial charge on any atom is -0.273 e. The van der Waals surface area contributed by atoms with Gasteiger partial charge in [0.15, 0.2) is 0 Å². The molecule has 1 saturated carbocycles. The van der Waals surface area contributed by atoms with Gasteiger partial charge in [0.05, 0.1) is 5.71 Å². The number of amides is 1. The minimum absolute atomic E-state index is 0.00756. The molecule has 0 bridgehead atoms. The summed E-state index contributed by atoms with van der Waals surface area (Å²) in [5.41, 5.74) is 5.72. The molecule has 2 aromatic rings. The summed E-state index contributed by atoms with van der Waals surface area (Å²) in [7, 11) is 0. The third-order valence-electron chi connectivity index (χ3n) is 4.15. The molecule has 118 valence electrons. The zero-order valence-electron chi connectivity index (χ0n) is 13.0. The van der Waals surface area contributed by atoms with Gasteiger partial charge >= 0.3 is 0 Å². The maximum atomic E-state index is 12.3. The molecule has 3 rings (SSSR count). The molecule has 0 aliphatic heterocycles. The number of carbonyl (C=O) groups excluding carboxylic acids is 1. The van der Waals surface area contributed by atoms with Crippen LogP contribution in [0.15, 0.2) is 59.7 Å². The Labute approximate surface area is 141 Å². The first-order valence-corrected chi connectivity index (χ1v) is 8.24. The maximum Gasteiger partial charge on any atom is 0.243 e. The van der Waals surface area contributed by atoms with Gasteiger partial charge in [0.25, 0.3) is 0 Å². The topological polar surface area (TPSA) is 41.5 Å². The van der Waals surface area contributed by atoms with E-state index in [2.05, 4.69) is 22.7 Å². The first kappa shape index (κ1) is 15.8. The quantitative estimate of drug-likeness (QED) is 0.643. The number of nitrogens with one attached hydrogen (secondary N) is 1. The molecule has 0 heterocycles. The van der Waals surface area contributed by atoms with Gasteiger partial charge in [-0.2, -0.15) is 5.10 Å². The molecule has 0 saturated heterocycles. The molecule has 1 aliphatic carbocycles. The molecule has 2 unspecified atom stereocenters. The van der Waals surface area contributed by atoms with Crippen LogP contribution in [0.3, 0.4) is 0 Å². The van der Waals surface area contributed by atoms with Crippen molar-refractivity contribution in [1.82, 2.24) is 5.43 Å². The van der Waals surface area contributed by atoms with Crippen molar-refractivity contribution in [2.45, 2.75) is 25.7 Å². The molecule has 23 heavy (non-hydrogen) atoms. The maximum absolute atomic E-state index is 12.3. The highest BCUT2D eigenvalue weighted by Gasteiger charge is 2.43. The average molecular weight is 327 g/mol. The van der Waals surface area contributed by atoms with E-state index < -0.39 is 0 Å². The Bertz CT molecular complexity index is 727. The smallest absolute Gasteiger partial charge is 0.243 e. The van der Waals surface area contributed by atoms with Gasteiger partial charge in [0, 0.05) is 10.9 Å². The summed E-state index contributed by atoms with van der Waals surface area (Å²) in [6.07, 6.45) is 1.62. The molecule has 1 fully saturated rings. The van der Waals surface area contributed by atoms with Crippen LogP contribution in [0.1, 0.15) is 36.8 Å². The summed E-state index contributed by atoms with van der Waals surface area (Å²) in [5, 5.41) is 4.97. The Kier molecular flexibility index (Phi) is 4.77. The van der Waals surface area contributed by atoms with Gasteiger partial charge in [-0.05, 0) is 42.0 Å². The number of halogens is 1. The van der Waals surface area contributed by atoms with Gasteiger partial charge in [-0.25, -0.2) is 5.43 Å². The molecule has 0 radical (unpaired) electrons. The summed E-state index contributed by atoms with van der Waals surface area (Å²) in [4.78, 5) is 12.3. The van der Waals surface area contributed by atoms with Crippen LogP contribution in [0.25, 0.3) is 0 Å². The molecule has 2 atom stereocenters. The molecule has 1 N–H and O–H groups in total. The zero-order chi connectivity index (χ0) is 16.2.